The fraction of sp³-hybridized carbons (Fsp3) is 0.619. The van der Waals surface area contributed by atoms with Gasteiger partial charge >= 0.3 is 0 Å². The predicted molar refractivity (Wildman–Crippen MR) is 99.1 cm³/mol. The summed E-state index contributed by atoms with van der Waals surface area (Å²) in [5, 5.41) is 3.15. The molecule has 1 saturated heterocycles. The molecule has 1 aliphatic carbocycles. The standard InChI is InChI=1S/C21H29FN2O2/c22-18-12-5-4-8-16(18)9-6-14-20(25)24-15-7-13-19(24)21(26)23-17-10-2-1-3-11-17/h4-5,8,12,17,19H,1-3,6-7,9-11,13-15H2,(H,23,26). The molecule has 5 heteroatoms. The quantitative estimate of drug-likeness (QED) is 0.843. The third-order valence-corrected chi connectivity index (χ3v) is 5.62. The summed E-state index contributed by atoms with van der Waals surface area (Å²) >= 11 is 0. The molecule has 4 nitrogen and oxygen atoms in total. The highest BCUT2D eigenvalue weighted by Crippen LogP contribution is 2.22. The van der Waals surface area contributed by atoms with Gasteiger partial charge in [-0.2, -0.15) is 0 Å². The summed E-state index contributed by atoms with van der Waals surface area (Å²) in [5.74, 6) is -0.189. The van der Waals surface area contributed by atoms with Gasteiger partial charge in [0.05, 0.1) is 0 Å². The first kappa shape index (κ1) is 18.9. The van der Waals surface area contributed by atoms with Gasteiger partial charge in [0.15, 0.2) is 0 Å². The van der Waals surface area contributed by atoms with Gasteiger partial charge in [-0.15, -0.1) is 0 Å². The maximum absolute atomic E-state index is 13.7. The molecule has 1 saturated carbocycles. The molecule has 2 aliphatic rings. The SMILES string of the molecule is O=C(NC1CCCCC1)C1CCCN1C(=O)CCCc1ccccc1F. The Bertz CT molecular complexity index is 628. The van der Waals surface area contributed by atoms with Crippen molar-refractivity contribution in [3.63, 3.8) is 0 Å². The highest BCUT2D eigenvalue weighted by Gasteiger charge is 2.34. The molecule has 3 rings (SSSR count). The highest BCUT2D eigenvalue weighted by atomic mass is 19.1. The minimum absolute atomic E-state index is 0.0110. The van der Waals surface area contributed by atoms with Crippen molar-refractivity contribution in [3.8, 4) is 0 Å². The molecule has 1 N–H and O–H groups in total. The van der Waals surface area contributed by atoms with Crippen LogP contribution in [0.4, 0.5) is 4.39 Å². The van der Waals surface area contributed by atoms with Gasteiger partial charge < -0.3 is 10.2 Å². The zero-order valence-electron chi connectivity index (χ0n) is 15.4. The summed E-state index contributed by atoms with van der Waals surface area (Å²) in [4.78, 5) is 26.9. The molecule has 2 amide bonds. The van der Waals surface area contributed by atoms with E-state index in [0.717, 1.165) is 25.7 Å². The van der Waals surface area contributed by atoms with Crippen molar-refractivity contribution in [3.05, 3.63) is 35.6 Å². The number of rotatable bonds is 6. The molecule has 0 aromatic heterocycles. The number of benzene rings is 1. The lowest BCUT2D eigenvalue weighted by Crippen LogP contribution is -2.49. The Morgan fingerprint density at radius 2 is 1.85 bits per heavy atom. The van der Waals surface area contributed by atoms with Crippen LogP contribution in [0.1, 0.15) is 63.4 Å². The second-order valence-corrected chi connectivity index (χ2v) is 7.53. The molecule has 0 bridgehead atoms. The van der Waals surface area contributed by atoms with E-state index in [2.05, 4.69) is 5.32 Å². The number of nitrogens with zero attached hydrogens (tertiary/aromatic N) is 1. The Morgan fingerprint density at radius 1 is 1.08 bits per heavy atom. The van der Waals surface area contributed by atoms with Gasteiger partial charge in [-0.3, -0.25) is 9.59 Å². The average molecular weight is 360 g/mol. The van der Waals surface area contributed by atoms with Crippen molar-refractivity contribution in [2.24, 2.45) is 0 Å². The lowest BCUT2D eigenvalue weighted by molar-refractivity contribution is -0.138. The predicted octanol–water partition coefficient (Wildman–Crippen LogP) is 3.59. The largest absolute Gasteiger partial charge is 0.352 e. The van der Waals surface area contributed by atoms with Crippen molar-refractivity contribution < 1.29 is 14.0 Å². The topological polar surface area (TPSA) is 49.4 Å². The number of halogens is 1. The van der Waals surface area contributed by atoms with E-state index < -0.39 is 0 Å². The Hall–Kier alpha value is -1.91. The van der Waals surface area contributed by atoms with Crippen LogP contribution >= 0.6 is 0 Å². The van der Waals surface area contributed by atoms with Gasteiger partial charge in [-0.05, 0) is 50.2 Å². The van der Waals surface area contributed by atoms with Crippen LogP contribution in [-0.4, -0.2) is 35.3 Å². The summed E-state index contributed by atoms with van der Waals surface area (Å²) in [6, 6.07) is 6.64. The zero-order valence-corrected chi connectivity index (χ0v) is 15.4. The number of hydrogen-bond donors (Lipinski definition) is 1. The molecular formula is C21H29FN2O2. The second kappa shape index (κ2) is 9.15. The molecule has 0 radical (unpaired) electrons. The van der Waals surface area contributed by atoms with Gasteiger partial charge in [0.1, 0.15) is 11.9 Å². The van der Waals surface area contributed by atoms with Gasteiger partial charge in [-0.25, -0.2) is 4.39 Å². The van der Waals surface area contributed by atoms with Gasteiger partial charge in [0.2, 0.25) is 11.8 Å². The van der Waals surface area contributed by atoms with E-state index in [-0.39, 0.29) is 29.7 Å². The molecule has 0 spiro atoms. The monoisotopic (exact) mass is 360 g/mol. The number of carbonyl (C=O) groups excluding carboxylic acids is 2. The summed E-state index contributed by atoms with van der Waals surface area (Å²) < 4.78 is 13.7. The summed E-state index contributed by atoms with van der Waals surface area (Å²) in [6.07, 6.45) is 8.84. The molecule has 1 aromatic rings. The van der Waals surface area contributed by atoms with Crippen LogP contribution in [0.15, 0.2) is 24.3 Å². The van der Waals surface area contributed by atoms with Crippen LogP contribution in [0.25, 0.3) is 0 Å². The van der Waals surface area contributed by atoms with Gasteiger partial charge in [0.25, 0.3) is 0 Å². The van der Waals surface area contributed by atoms with E-state index in [9.17, 15) is 14.0 Å². The van der Waals surface area contributed by atoms with Crippen molar-refractivity contribution in [2.75, 3.05) is 6.54 Å². The number of nitrogens with one attached hydrogen (secondary N) is 1. The molecular weight excluding hydrogens is 331 g/mol. The second-order valence-electron chi connectivity index (χ2n) is 7.53. The van der Waals surface area contributed by atoms with E-state index in [1.807, 2.05) is 6.07 Å². The third kappa shape index (κ3) is 4.83. The van der Waals surface area contributed by atoms with Crippen LogP contribution in [0.3, 0.4) is 0 Å². The fourth-order valence-electron chi connectivity index (χ4n) is 4.16. The Labute approximate surface area is 155 Å². The molecule has 1 aliphatic heterocycles. The lowest BCUT2D eigenvalue weighted by Gasteiger charge is -2.28. The van der Waals surface area contributed by atoms with E-state index in [1.165, 1.54) is 25.3 Å². The van der Waals surface area contributed by atoms with Crippen LogP contribution in [-0.2, 0) is 16.0 Å². The molecule has 26 heavy (non-hydrogen) atoms. The normalized spacial score (nSPS) is 21.0. The lowest BCUT2D eigenvalue weighted by atomic mass is 9.95. The van der Waals surface area contributed by atoms with E-state index in [0.29, 0.717) is 31.4 Å². The molecule has 2 fully saturated rings. The molecule has 1 heterocycles. The van der Waals surface area contributed by atoms with Crippen molar-refractivity contribution in [1.82, 2.24) is 10.2 Å². The smallest absolute Gasteiger partial charge is 0.243 e. The number of carbonyl (C=O) groups is 2. The molecule has 142 valence electrons. The molecule has 1 atom stereocenters. The minimum Gasteiger partial charge on any atom is -0.352 e. The maximum atomic E-state index is 13.7. The summed E-state index contributed by atoms with van der Waals surface area (Å²) in [7, 11) is 0. The fourth-order valence-corrected chi connectivity index (χ4v) is 4.16. The Kier molecular flexibility index (Phi) is 6.64. The Morgan fingerprint density at radius 3 is 2.62 bits per heavy atom. The zero-order chi connectivity index (χ0) is 18.4. The van der Waals surface area contributed by atoms with Crippen LogP contribution < -0.4 is 5.32 Å². The number of amides is 2. The first-order valence-electron chi connectivity index (χ1n) is 9.98. The van der Waals surface area contributed by atoms with E-state index in [1.54, 1.807) is 17.0 Å². The highest BCUT2D eigenvalue weighted by molar-refractivity contribution is 5.88. The third-order valence-electron chi connectivity index (χ3n) is 5.62. The Balaban J connectivity index is 1.48. The van der Waals surface area contributed by atoms with Crippen LogP contribution in [0, 0.1) is 5.82 Å². The van der Waals surface area contributed by atoms with Crippen molar-refractivity contribution in [1.29, 1.82) is 0 Å². The van der Waals surface area contributed by atoms with E-state index in [4.69, 9.17) is 0 Å². The first-order chi connectivity index (χ1) is 12.6. The van der Waals surface area contributed by atoms with Crippen molar-refractivity contribution in [2.45, 2.75) is 76.3 Å². The van der Waals surface area contributed by atoms with Crippen molar-refractivity contribution >= 4 is 11.8 Å². The number of likely N-dealkylation sites (tertiary alicyclic amines) is 1. The van der Waals surface area contributed by atoms with E-state index >= 15 is 0 Å². The minimum atomic E-state index is -0.321. The number of hydrogen-bond acceptors (Lipinski definition) is 2. The molecule has 1 aromatic carbocycles. The summed E-state index contributed by atoms with van der Waals surface area (Å²) in [5.41, 5.74) is 0.647. The summed E-state index contributed by atoms with van der Waals surface area (Å²) in [6.45, 7) is 0.654. The molecule has 1 unspecified atom stereocenters. The van der Waals surface area contributed by atoms with Gasteiger partial charge in [0, 0.05) is 19.0 Å². The first-order valence-corrected chi connectivity index (χ1v) is 9.98. The average Bonchev–Trinajstić information content (AvgIpc) is 3.14. The van der Waals surface area contributed by atoms with Crippen LogP contribution in [0.2, 0.25) is 0 Å². The van der Waals surface area contributed by atoms with Crippen LogP contribution in [0.5, 0.6) is 0 Å². The maximum Gasteiger partial charge on any atom is 0.243 e. The number of aryl methyl sites for hydroxylation is 1. The van der Waals surface area contributed by atoms with Gasteiger partial charge in [-0.1, -0.05) is 37.5 Å².